The molecule has 1 rings (SSSR count). The monoisotopic (exact) mass is 200 g/mol. The zero-order valence-corrected chi connectivity index (χ0v) is 9.84. The molecule has 0 bridgehead atoms. The summed E-state index contributed by atoms with van der Waals surface area (Å²) in [6.07, 6.45) is 9.35. The van der Waals surface area contributed by atoms with Gasteiger partial charge in [0, 0.05) is 20.6 Å². The van der Waals surface area contributed by atoms with Gasteiger partial charge in [0.05, 0.1) is 0 Å². The molecule has 0 aromatic carbocycles. The van der Waals surface area contributed by atoms with Crippen molar-refractivity contribution < 1.29 is 9.47 Å². The molecule has 0 aromatic heterocycles. The van der Waals surface area contributed by atoms with E-state index in [-0.39, 0.29) is 5.79 Å². The van der Waals surface area contributed by atoms with Gasteiger partial charge in [0.1, 0.15) is 0 Å². The quantitative estimate of drug-likeness (QED) is 0.634. The molecule has 14 heavy (non-hydrogen) atoms. The fourth-order valence-corrected chi connectivity index (χ4v) is 2.23. The molecule has 84 valence electrons. The molecule has 1 fully saturated rings. The zero-order chi connectivity index (χ0) is 10.4. The third-order valence-corrected chi connectivity index (χ3v) is 3.60. The molecule has 0 N–H and O–H groups in total. The molecular weight excluding hydrogens is 176 g/mol. The van der Waals surface area contributed by atoms with Crippen molar-refractivity contribution in [1.29, 1.82) is 0 Å². The van der Waals surface area contributed by atoms with Crippen molar-refractivity contribution in [3.63, 3.8) is 0 Å². The van der Waals surface area contributed by atoms with E-state index < -0.39 is 0 Å². The molecule has 1 saturated carbocycles. The molecular formula is C12H24O2. The maximum absolute atomic E-state index is 5.36. The predicted molar refractivity (Wildman–Crippen MR) is 58.2 cm³/mol. The molecule has 0 unspecified atom stereocenters. The summed E-state index contributed by atoms with van der Waals surface area (Å²) in [4.78, 5) is 0. The predicted octanol–water partition coefficient (Wildman–Crippen LogP) is 3.36. The second-order valence-corrected chi connectivity index (χ2v) is 4.58. The molecule has 1 aliphatic carbocycles. The smallest absolute Gasteiger partial charge is 0.164 e. The number of rotatable bonds is 5. The summed E-state index contributed by atoms with van der Waals surface area (Å²) in [6, 6.07) is 0. The maximum atomic E-state index is 5.36. The van der Waals surface area contributed by atoms with E-state index in [1.165, 1.54) is 38.5 Å². The lowest BCUT2D eigenvalue weighted by atomic mass is 9.85. The highest BCUT2D eigenvalue weighted by Crippen LogP contribution is 2.30. The lowest BCUT2D eigenvalue weighted by molar-refractivity contribution is -0.199. The Bertz CT molecular complexity index is 146. The van der Waals surface area contributed by atoms with Crippen molar-refractivity contribution in [2.75, 3.05) is 14.2 Å². The summed E-state index contributed by atoms with van der Waals surface area (Å²) in [7, 11) is 3.45. The first-order chi connectivity index (χ1) is 6.70. The lowest BCUT2D eigenvalue weighted by Crippen LogP contribution is -2.30. The Kier molecular flexibility index (Phi) is 4.90. The summed E-state index contributed by atoms with van der Waals surface area (Å²) in [5, 5.41) is 0. The summed E-state index contributed by atoms with van der Waals surface area (Å²) in [5.74, 6) is 0.547. The molecule has 0 aromatic rings. The number of hydrogen-bond acceptors (Lipinski definition) is 2. The van der Waals surface area contributed by atoms with Crippen molar-refractivity contribution >= 4 is 0 Å². The maximum Gasteiger partial charge on any atom is 0.164 e. The molecule has 0 spiro atoms. The lowest BCUT2D eigenvalue weighted by Gasteiger charge is -2.29. The van der Waals surface area contributed by atoms with Gasteiger partial charge in [-0.15, -0.1) is 0 Å². The molecule has 0 atom stereocenters. The highest BCUT2D eigenvalue weighted by Gasteiger charge is 2.24. The van der Waals surface area contributed by atoms with E-state index in [2.05, 4.69) is 0 Å². The molecule has 2 nitrogen and oxygen atoms in total. The van der Waals surface area contributed by atoms with Gasteiger partial charge in [-0.3, -0.25) is 0 Å². The summed E-state index contributed by atoms with van der Waals surface area (Å²) in [5.41, 5.74) is 0. The van der Waals surface area contributed by atoms with E-state index in [4.69, 9.17) is 9.47 Å². The normalized spacial score (nSPS) is 19.9. The van der Waals surface area contributed by atoms with Crippen LogP contribution in [0.3, 0.4) is 0 Å². The van der Waals surface area contributed by atoms with E-state index in [9.17, 15) is 0 Å². The fourth-order valence-electron chi connectivity index (χ4n) is 2.23. The second kappa shape index (κ2) is 5.72. The van der Waals surface area contributed by atoms with Crippen LogP contribution in [0.2, 0.25) is 0 Å². The van der Waals surface area contributed by atoms with E-state index in [0.717, 1.165) is 12.3 Å². The van der Waals surface area contributed by atoms with Gasteiger partial charge in [0.2, 0.25) is 0 Å². The molecule has 0 radical (unpaired) electrons. The van der Waals surface area contributed by atoms with Crippen molar-refractivity contribution in [3.05, 3.63) is 0 Å². The van der Waals surface area contributed by atoms with E-state index >= 15 is 0 Å². The Hall–Kier alpha value is -0.0800. The minimum atomic E-state index is -0.364. The minimum absolute atomic E-state index is 0.364. The van der Waals surface area contributed by atoms with Gasteiger partial charge in [-0.25, -0.2) is 0 Å². The number of hydrogen-bond donors (Lipinski definition) is 0. The molecule has 0 amide bonds. The van der Waals surface area contributed by atoms with Crippen molar-refractivity contribution in [1.82, 2.24) is 0 Å². The Morgan fingerprint density at radius 1 is 1.07 bits per heavy atom. The van der Waals surface area contributed by atoms with E-state index in [1.807, 2.05) is 6.92 Å². The van der Waals surface area contributed by atoms with Crippen LogP contribution in [0.4, 0.5) is 0 Å². The standard InChI is InChI=1S/C12H24O2/c1-12(13-2,14-3)10-9-11-7-5-4-6-8-11/h11H,4-10H2,1-3H3. The highest BCUT2D eigenvalue weighted by molar-refractivity contribution is 4.70. The van der Waals surface area contributed by atoms with Crippen LogP contribution in [0, 0.1) is 5.92 Å². The van der Waals surface area contributed by atoms with Gasteiger partial charge in [-0.05, 0) is 19.3 Å². The van der Waals surface area contributed by atoms with Gasteiger partial charge >= 0.3 is 0 Å². The number of ether oxygens (including phenoxy) is 2. The van der Waals surface area contributed by atoms with Crippen LogP contribution >= 0.6 is 0 Å². The minimum Gasteiger partial charge on any atom is -0.353 e. The van der Waals surface area contributed by atoms with Crippen molar-refractivity contribution in [3.8, 4) is 0 Å². The van der Waals surface area contributed by atoms with Crippen molar-refractivity contribution in [2.45, 2.75) is 57.7 Å². The fraction of sp³-hybridized carbons (Fsp3) is 1.00. The SMILES string of the molecule is COC(C)(CCC1CCCCC1)OC. The Morgan fingerprint density at radius 2 is 1.64 bits per heavy atom. The zero-order valence-electron chi connectivity index (χ0n) is 9.84. The molecule has 0 saturated heterocycles. The van der Waals surface area contributed by atoms with Gasteiger partial charge in [0.25, 0.3) is 0 Å². The summed E-state index contributed by atoms with van der Waals surface area (Å²) >= 11 is 0. The van der Waals surface area contributed by atoms with Gasteiger partial charge in [-0.2, -0.15) is 0 Å². The summed E-state index contributed by atoms with van der Waals surface area (Å²) < 4.78 is 10.7. The van der Waals surface area contributed by atoms with E-state index in [0.29, 0.717) is 0 Å². The third-order valence-electron chi connectivity index (χ3n) is 3.60. The van der Waals surface area contributed by atoms with Crippen LogP contribution in [0.5, 0.6) is 0 Å². The molecule has 0 heterocycles. The van der Waals surface area contributed by atoms with Crippen molar-refractivity contribution in [2.24, 2.45) is 5.92 Å². The van der Waals surface area contributed by atoms with E-state index in [1.54, 1.807) is 14.2 Å². The van der Waals surface area contributed by atoms with Crippen LogP contribution in [0.1, 0.15) is 51.9 Å². The largest absolute Gasteiger partial charge is 0.353 e. The first-order valence-corrected chi connectivity index (χ1v) is 5.80. The average Bonchev–Trinajstić information content (AvgIpc) is 2.27. The first-order valence-electron chi connectivity index (χ1n) is 5.80. The number of methoxy groups -OCH3 is 2. The van der Waals surface area contributed by atoms with Crippen LogP contribution in [0.15, 0.2) is 0 Å². The van der Waals surface area contributed by atoms with Gasteiger partial charge in [-0.1, -0.05) is 32.1 Å². The van der Waals surface area contributed by atoms with Crippen LogP contribution in [0.25, 0.3) is 0 Å². The van der Waals surface area contributed by atoms with Crippen LogP contribution < -0.4 is 0 Å². The third kappa shape index (κ3) is 3.58. The van der Waals surface area contributed by atoms with Crippen LogP contribution in [-0.2, 0) is 9.47 Å². The second-order valence-electron chi connectivity index (χ2n) is 4.58. The molecule has 2 heteroatoms. The Labute approximate surface area is 88.0 Å². The Morgan fingerprint density at radius 3 is 2.14 bits per heavy atom. The molecule has 0 aliphatic heterocycles. The molecule has 1 aliphatic rings. The summed E-state index contributed by atoms with van der Waals surface area (Å²) in [6.45, 7) is 2.02. The highest BCUT2D eigenvalue weighted by atomic mass is 16.7. The van der Waals surface area contributed by atoms with Gasteiger partial charge in [0.15, 0.2) is 5.79 Å². The topological polar surface area (TPSA) is 18.5 Å². The first kappa shape index (κ1) is 12.0. The van der Waals surface area contributed by atoms with Crippen LogP contribution in [-0.4, -0.2) is 20.0 Å². The average molecular weight is 200 g/mol. The Balaban J connectivity index is 2.23. The van der Waals surface area contributed by atoms with Gasteiger partial charge < -0.3 is 9.47 Å².